The van der Waals surface area contributed by atoms with Gasteiger partial charge < -0.3 is 10.6 Å². The van der Waals surface area contributed by atoms with Crippen molar-refractivity contribution in [2.45, 2.75) is 19.8 Å². The second kappa shape index (κ2) is 7.99. The lowest BCUT2D eigenvalue weighted by Crippen LogP contribution is -2.24. The standard InChI is InChI=1S/C16H20N4O/c1-2-9-17-15(21)14-11-19-16(20-12-14)18-10-8-13-6-4-3-5-7-13/h3-7,11-12H,2,8-10H2,1H3,(H,17,21)(H,18,19,20). The first-order chi connectivity index (χ1) is 10.3. The van der Waals surface area contributed by atoms with Crippen molar-refractivity contribution < 1.29 is 4.79 Å². The van der Waals surface area contributed by atoms with Gasteiger partial charge in [-0.3, -0.25) is 4.79 Å². The van der Waals surface area contributed by atoms with Crippen molar-refractivity contribution in [2.24, 2.45) is 0 Å². The van der Waals surface area contributed by atoms with Crippen molar-refractivity contribution >= 4 is 11.9 Å². The normalized spacial score (nSPS) is 10.1. The summed E-state index contributed by atoms with van der Waals surface area (Å²) in [6.07, 6.45) is 4.90. The molecular weight excluding hydrogens is 264 g/mol. The van der Waals surface area contributed by atoms with Crippen LogP contribution in [0.1, 0.15) is 29.3 Å². The Kier molecular flexibility index (Phi) is 5.70. The predicted octanol–water partition coefficient (Wildman–Crippen LogP) is 2.27. The van der Waals surface area contributed by atoms with Gasteiger partial charge in [-0.1, -0.05) is 37.3 Å². The lowest BCUT2D eigenvalue weighted by Gasteiger charge is -2.06. The molecule has 0 bridgehead atoms. The molecule has 5 nitrogen and oxygen atoms in total. The Labute approximate surface area is 124 Å². The minimum atomic E-state index is -0.132. The van der Waals surface area contributed by atoms with Gasteiger partial charge in [0.2, 0.25) is 5.95 Å². The highest BCUT2D eigenvalue weighted by atomic mass is 16.1. The molecule has 21 heavy (non-hydrogen) atoms. The first-order valence-corrected chi connectivity index (χ1v) is 7.17. The number of hydrogen-bond donors (Lipinski definition) is 2. The van der Waals surface area contributed by atoms with Gasteiger partial charge in [0.1, 0.15) is 0 Å². The molecule has 0 aliphatic carbocycles. The van der Waals surface area contributed by atoms with E-state index in [2.05, 4.69) is 32.7 Å². The maximum Gasteiger partial charge on any atom is 0.254 e. The van der Waals surface area contributed by atoms with E-state index in [4.69, 9.17) is 0 Å². The Bertz CT molecular complexity index is 554. The van der Waals surface area contributed by atoms with Crippen molar-refractivity contribution in [1.82, 2.24) is 15.3 Å². The van der Waals surface area contributed by atoms with Gasteiger partial charge in [0.15, 0.2) is 0 Å². The molecule has 2 aromatic rings. The first kappa shape index (κ1) is 15.0. The number of aromatic nitrogens is 2. The fourth-order valence-corrected chi connectivity index (χ4v) is 1.84. The van der Waals surface area contributed by atoms with Crippen LogP contribution in [0.15, 0.2) is 42.7 Å². The largest absolute Gasteiger partial charge is 0.354 e. The summed E-state index contributed by atoms with van der Waals surface area (Å²) >= 11 is 0. The summed E-state index contributed by atoms with van der Waals surface area (Å²) in [5.41, 5.74) is 1.75. The molecule has 0 saturated heterocycles. The Morgan fingerprint density at radius 2 is 1.81 bits per heavy atom. The van der Waals surface area contributed by atoms with Crippen LogP contribution in [0.2, 0.25) is 0 Å². The minimum absolute atomic E-state index is 0.132. The number of rotatable bonds is 7. The number of carbonyl (C=O) groups excluding carboxylic acids is 1. The van der Waals surface area contributed by atoms with Crippen LogP contribution < -0.4 is 10.6 Å². The molecule has 0 saturated carbocycles. The summed E-state index contributed by atoms with van der Waals surface area (Å²) in [6, 6.07) is 10.2. The van der Waals surface area contributed by atoms with Gasteiger partial charge in [0, 0.05) is 25.5 Å². The first-order valence-electron chi connectivity index (χ1n) is 7.17. The Morgan fingerprint density at radius 1 is 1.10 bits per heavy atom. The van der Waals surface area contributed by atoms with Crippen molar-refractivity contribution in [3.8, 4) is 0 Å². The van der Waals surface area contributed by atoms with Gasteiger partial charge in [-0.2, -0.15) is 0 Å². The third kappa shape index (κ3) is 4.87. The molecule has 2 rings (SSSR count). The van der Waals surface area contributed by atoms with Crippen LogP contribution in [-0.4, -0.2) is 29.0 Å². The van der Waals surface area contributed by atoms with Crippen molar-refractivity contribution in [1.29, 1.82) is 0 Å². The van der Waals surface area contributed by atoms with Crippen molar-refractivity contribution in [3.63, 3.8) is 0 Å². The molecule has 0 atom stereocenters. The van der Waals surface area contributed by atoms with E-state index in [0.29, 0.717) is 18.1 Å². The molecule has 0 aliphatic heterocycles. The summed E-state index contributed by atoms with van der Waals surface area (Å²) in [4.78, 5) is 20.0. The average Bonchev–Trinajstić information content (AvgIpc) is 2.54. The zero-order valence-corrected chi connectivity index (χ0v) is 12.2. The highest BCUT2D eigenvalue weighted by molar-refractivity contribution is 5.93. The number of nitrogens with zero attached hydrogens (tertiary/aromatic N) is 2. The van der Waals surface area contributed by atoms with E-state index in [0.717, 1.165) is 19.4 Å². The van der Waals surface area contributed by atoms with Crippen molar-refractivity contribution in [2.75, 3.05) is 18.4 Å². The monoisotopic (exact) mass is 284 g/mol. The highest BCUT2D eigenvalue weighted by Crippen LogP contribution is 2.03. The van der Waals surface area contributed by atoms with E-state index in [1.807, 2.05) is 25.1 Å². The number of hydrogen-bond acceptors (Lipinski definition) is 4. The quantitative estimate of drug-likeness (QED) is 0.818. The van der Waals surface area contributed by atoms with E-state index >= 15 is 0 Å². The van der Waals surface area contributed by atoms with Crippen LogP contribution in [0, 0.1) is 0 Å². The van der Waals surface area contributed by atoms with Crippen LogP contribution in [0.25, 0.3) is 0 Å². The fourth-order valence-electron chi connectivity index (χ4n) is 1.84. The lowest BCUT2D eigenvalue weighted by atomic mass is 10.1. The maximum absolute atomic E-state index is 11.7. The van der Waals surface area contributed by atoms with E-state index in [1.165, 1.54) is 5.56 Å². The van der Waals surface area contributed by atoms with E-state index < -0.39 is 0 Å². The van der Waals surface area contributed by atoms with Crippen molar-refractivity contribution in [3.05, 3.63) is 53.9 Å². The van der Waals surface area contributed by atoms with Crippen LogP contribution >= 0.6 is 0 Å². The number of carbonyl (C=O) groups is 1. The Balaban J connectivity index is 1.81. The third-order valence-corrected chi connectivity index (χ3v) is 2.99. The van der Waals surface area contributed by atoms with Crippen LogP contribution in [0.4, 0.5) is 5.95 Å². The summed E-state index contributed by atoms with van der Waals surface area (Å²) in [5, 5.41) is 5.94. The number of benzene rings is 1. The number of nitrogens with one attached hydrogen (secondary N) is 2. The number of anilines is 1. The molecule has 1 aromatic carbocycles. The van der Waals surface area contributed by atoms with Gasteiger partial charge >= 0.3 is 0 Å². The van der Waals surface area contributed by atoms with Gasteiger partial charge in [0.05, 0.1) is 5.56 Å². The number of amides is 1. The molecule has 1 aromatic heterocycles. The zero-order chi connectivity index (χ0) is 14.9. The molecule has 0 radical (unpaired) electrons. The lowest BCUT2D eigenvalue weighted by molar-refractivity contribution is 0.0953. The molecule has 2 N–H and O–H groups in total. The molecule has 5 heteroatoms. The molecule has 0 unspecified atom stereocenters. The summed E-state index contributed by atoms with van der Waals surface area (Å²) in [5.74, 6) is 0.408. The second-order valence-corrected chi connectivity index (χ2v) is 4.71. The summed E-state index contributed by atoms with van der Waals surface area (Å²) in [6.45, 7) is 3.43. The van der Waals surface area contributed by atoms with Crippen LogP contribution in [0.3, 0.4) is 0 Å². The van der Waals surface area contributed by atoms with E-state index in [-0.39, 0.29) is 5.91 Å². The Hall–Kier alpha value is -2.43. The molecule has 110 valence electrons. The minimum Gasteiger partial charge on any atom is -0.354 e. The average molecular weight is 284 g/mol. The topological polar surface area (TPSA) is 66.9 Å². The molecule has 0 spiro atoms. The van der Waals surface area contributed by atoms with Crippen LogP contribution in [0.5, 0.6) is 0 Å². The predicted molar refractivity (Wildman–Crippen MR) is 83.3 cm³/mol. The van der Waals surface area contributed by atoms with Gasteiger partial charge in [-0.15, -0.1) is 0 Å². The summed E-state index contributed by atoms with van der Waals surface area (Å²) in [7, 11) is 0. The van der Waals surface area contributed by atoms with Crippen LogP contribution in [-0.2, 0) is 6.42 Å². The molecule has 1 amide bonds. The second-order valence-electron chi connectivity index (χ2n) is 4.71. The third-order valence-electron chi connectivity index (χ3n) is 2.99. The zero-order valence-electron chi connectivity index (χ0n) is 12.2. The molecule has 0 aliphatic rings. The van der Waals surface area contributed by atoms with Gasteiger partial charge in [-0.05, 0) is 18.4 Å². The smallest absolute Gasteiger partial charge is 0.254 e. The van der Waals surface area contributed by atoms with E-state index in [9.17, 15) is 4.79 Å². The van der Waals surface area contributed by atoms with Gasteiger partial charge in [-0.25, -0.2) is 9.97 Å². The maximum atomic E-state index is 11.7. The molecule has 0 fully saturated rings. The van der Waals surface area contributed by atoms with E-state index in [1.54, 1.807) is 12.4 Å². The Morgan fingerprint density at radius 3 is 2.48 bits per heavy atom. The SMILES string of the molecule is CCCNC(=O)c1cnc(NCCc2ccccc2)nc1. The summed E-state index contributed by atoms with van der Waals surface area (Å²) < 4.78 is 0. The highest BCUT2D eigenvalue weighted by Gasteiger charge is 2.05. The fraction of sp³-hybridized carbons (Fsp3) is 0.312. The molecular formula is C16H20N4O. The molecule has 1 heterocycles. The van der Waals surface area contributed by atoms with Gasteiger partial charge in [0.25, 0.3) is 5.91 Å².